The number of amides is 4. The van der Waals surface area contributed by atoms with Gasteiger partial charge in [0.15, 0.2) is 0 Å². The summed E-state index contributed by atoms with van der Waals surface area (Å²) < 4.78 is 42.8. The maximum atomic E-state index is 14.0. The van der Waals surface area contributed by atoms with E-state index in [0.29, 0.717) is 11.1 Å². The van der Waals surface area contributed by atoms with E-state index in [2.05, 4.69) is 26.0 Å². The summed E-state index contributed by atoms with van der Waals surface area (Å²) in [5.41, 5.74) is -0.586. The number of alkyl carbamates (subject to hydrolysis) is 2. The SMILES string of the molecule is C.CNC(=O)c1ccc(CC(CO)NC(=O)OC(C)(C)C)cc1F.CNC(=O)c1ccc(CC(NC(=O)OC(C)(C)C)C(=O)OC)cc1F. The van der Waals surface area contributed by atoms with E-state index < -0.39 is 64.9 Å². The summed E-state index contributed by atoms with van der Waals surface area (Å²) >= 11 is 0. The lowest BCUT2D eigenvalue weighted by Crippen LogP contribution is -2.45. The van der Waals surface area contributed by atoms with E-state index in [1.807, 2.05) is 0 Å². The molecule has 0 fully saturated rings. The first-order valence-electron chi connectivity index (χ1n) is 14.9. The van der Waals surface area contributed by atoms with Crippen molar-refractivity contribution in [1.29, 1.82) is 0 Å². The Hall–Kier alpha value is -4.79. The second-order valence-electron chi connectivity index (χ2n) is 12.4. The highest BCUT2D eigenvalue weighted by Gasteiger charge is 2.26. The highest BCUT2D eigenvalue weighted by molar-refractivity contribution is 5.94. The van der Waals surface area contributed by atoms with E-state index in [-0.39, 0.29) is 38.0 Å². The molecular weight excluding hydrogens is 646 g/mol. The van der Waals surface area contributed by atoms with Gasteiger partial charge in [0.25, 0.3) is 11.8 Å². The van der Waals surface area contributed by atoms with Crippen LogP contribution in [0.25, 0.3) is 0 Å². The molecule has 274 valence electrons. The van der Waals surface area contributed by atoms with Crippen LogP contribution < -0.4 is 21.3 Å². The molecule has 15 heteroatoms. The molecule has 0 radical (unpaired) electrons. The minimum atomic E-state index is -1.05. The second kappa shape index (κ2) is 19.9. The zero-order chi connectivity index (χ0) is 36.8. The predicted octanol–water partition coefficient (Wildman–Crippen LogP) is 4.04. The minimum Gasteiger partial charge on any atom is -0.467 e. The van der Waals surface area contributed by atoms with Crippen molar-refractivity contribution in [2.24, 2.45) is 0 Å². The summed E-state index contributed by atoms with van der Waals surface area (Å²) in [7, 11) is 4.00. The molecule has 2 aromatic carbocycles. The van der Waals surface area contributed by atoms with Crippen molar-refractivity contribution >= 4 is 30.0 Å². The van der Waals surface area contributed by atoms with Crippen molar-refractivity contribution in [2.75, 3.05) is 27.8 Å². The van der Waals surface area contributed by atoms with Crippen molar-refractivity contribution in [2.45, 2.75) is 85.1 Å². The average Bonchev–Trinajstić information content (AvgIpc) is 2.97. The maximum Gasteiger partial charge on any atom is 0.408 e. The molecule has 0 heterocycles. The fourth-order valence-corrected chi connectivity index (χ4v) is 3.95. The van der Waals surface area contributed by atoms with Gasteiger partial charge >= 0.3 is 18.2 Å². The number of aliphatic hydroxyl groups excluding tert-OH is 1. The number of hydrogen-bond donors (Lipinski definition) is 5. The first-order valence-corrected chi connectivity index (χ1v) is 14.9. The van der Waals surface area contributed by atoms with E-state index in [1.54, 1.807) is 47.6 Å². The number of nitrogens with one attached hydrogen (secondary N) is 4. The topological polar surface area (TPSA) is 181 Å². The highest BCUT2D eigenvalue weighted by atomic mass is 19.1. The van der Waals surface area contributed by atoms with Crippen molar-refractivity contribution in [3.05, 3.63) is 70.3 Å². The zero-order valence-corrected chi connectivity index (χ0v) is 28.7. The van der Waals surface area contributed by atoms with Crippen LogP contribution in [0.15, 0.2) is 36.4 Å². The molecule has 0 spiro atoms. The molecule has 4 amide bonds. The number of hydrogen-bond acceptors (Lipinski definition) is 9. The fourth-order valence-electron chi connectivity index (χ4n) is 3.95. The summed E-state index contributed by atoms with van der Waals surface area (Å²) in [6.07, 6.45) is -1.25. The molecular formula is C34H50F2N4O9. The summed E-state index contributed by atoms with van der Waals surface area (Å²) in [5, 5.41) is 19.0. The summed E-state index contributed by atoms with van der Waals surface area (Å²) in [6.45, 7) is 9.93. The van der Waals surface area contributed by atoms with Crippen LogP contribution >= 0.6 is 0 Å². The average molecular weight is 697 g/mol. The van der Waals surface area contributed by atoms with Crippen molar-refractivity contribution in [3.8, 4) is 0 Å². The van der Waals surface area contributed by atoms with Gasteiger partial charge in [-0.15, -0.1) is 0 Å². The van der Waals surface area contributed by atoms with E-state index in [1.165, 1.54) is 45.5 Å². The third-order valence-electron chi connectivity index (χ3n) is 6.05. The fraction of sp³-hybridized carbons (Fsp3) is 0.500. The molecule has 0 saturated carbocycles. The number of halogens is 2. The van der Waals surface area contributed by atoms with Crippen molar-refractivity contribution in [3.63, 3.8) is 0 Å². The number of benzene rings is 2. The number of aliphatic hydroxyl groups is 1. The third-order valence-corrected chi connectivity index (χ3v) is 6.05. The molecule has 2 unspecified atom stereocenters. The Morgan fingerprint density at radius 3 is 1.49 bits per heavy atom. The first-order chi connectivity index (χ1) is 22.2. The Bertz CT molecular complexity index is 1440. The first kappa shape index (κ1) is 44.2. The summed E-state index contributed by atoms with van der Waals surface area (Å²) in [6, 6.07) is 6.44. The Morgan fingerprint density at radius 2 is 1.14 bits per heavy atom. The molecule has 0 aliphatic rings. The van der Waals surface area contributed by atoms with Crippen LogP contribution in [-0.4, -0.2) is 86.2 Å². The predicted molar refractivity (Wildman–Crippen MR) is 179 cm³/mol. The van der Waals surface area contributed by atoms with Gasteiger partial charge < -0.3 is 40.6 Å². The van der Waals surface area contributed by atoms with Crippen molar-refractivity contribution in [1.82, 2.24) is 21.3 Å². The quantitative estimate of drug-likeness (QED) is 0.181. The van der Waals surface area contributed by atoms with Crippen LogP contribution in [0.3, 0.4) is 0 Å². The molecule has 0 aliphatic heterocycles. The van der Waals surface area contributed by atoms with Crippen LogP contribution in [0.5, 0.6) is 0 Å². The number of carbonyl (C=O) groups is 5. The van der Waals surface area contributed by atoms with Gasteiger partial charge in [0.1, 0.15) is 28.9 Å². The summed E-state index contributed by atoms with van der Waals surface area (Å²) in [4.78, 5) is 58.4. The largest absolute Gasteiger partial charge is 0.467 e. The normalized spacial score (nSPS) is 12.0. The third kappa shape index (κ3) is 16.2. The van der Waals surface area contributed by atoms with E-state index >= 15 is 0 Å². The van der Waals surface area contributed by atoms with Crippen LogP contribution in [0.1, 0.15) is 80.8 Å². The van der Waals surface area contributed by atoms with Gasteiger partial charge in [-0.1, -0.05) is 19.6 Å². The Labute approximate surface area is 286 Å². The smallest absolute Gasteiger partial charge is 0.408 e. The van der Waals surface area contributed by atoms with Crippen LogP contribution in [0.4, 0.5) is 18.4 Å². The highest BCUT2D eigenvalue weighted by Crippen LogP contribution is 2.15. The maximum absolute atomic E-state index is 14.0. The number of esters is 1. The van der Waals surface area contributed by atoms with E-state index in [4.69, 9.17) is 9.47 Å². The van der Waals surface area contributed by atoms with Crippen LogP contribution in [-0.2, 0) is 31.8 Å². The van der Waals surface area contributed by atoms with Gasteiger partial charge in [0.05, 0.1) is 30.9 Å². The molecule has 2 atom stereocenters. The Morgan fingerprint density at radius 1 is 0.735 bits per heavy atom. The molecule has 2 aromatic rings. The molecule has 0 saturated heterocycles. The zero-order valence-electron chi connectivity index (χ0n) is 28.7. The number of methoxy groups -OCH3 is 1. The number of rotatable bonds is 10. The van der Waals surface area contributed by atoms with E-state index in [0.717, 1.165) is 6.07 Å². The van der Waals surface area contributed by atoms with Gasteiger partial charge in [-0.25, -0.2) is 23.2 Å². The minimum absolute atomic E-state index is 0. The lowest BCUT2D eigenvalue weighted by atomic mass is 10.0. The lowest BCUT2D eigenvalue weighted by molar-refractivity contribution is -0.143. The standard InChI is InChI=1S/C17H23FN2O5.C16H23FN2O4.CH4/c1-17(2,3)25-16(23)20-13(15(22)24-5)9-10-6-7-11(12(18)8-10)14(21)19-4;1-16(2,3)23-15(22)19-11(9-20)7-10-5-6-12(13(17)8-10)14(21)18-4;/h6-8,13H,9H2,1-5H3,(H,19,21)(H,20,23);5-6,8,11,20H,7,9H2,1-4H3,(H,18,21)(H,19,22);1H4. The molecule has 0 aliphatic carbocycles. The number of ether oxygens (including phenoxy) is 3. The molecule has 49 heavy (non-hydrogen) atoms. The van der Waals surface area contributed by atoms with Gasteiger partial charge in [-0.05, 0) is 83.4 Å². The van der Waals surface area contributed by atoms with E-state index in [9.17, 15) is 37.9 Å². The van der Waals surface area contributed by atoms with Gasteiger partial charge in [-0.2, -0.15) is 0 Å². The monoisotopic (exact) mass is 696 g/mol. The Kier molecular flexibility index (Phi) is 17.9. The second-order valence-corrected chi connectivity index (χ2v) is 12.4. The van der Waals surface area contributed by atoms with Crippen LogP contribution in [0.2, 0.25) is 0 Å². The molecule has 5 N–H and O–H groups in total. The molecule has 2 rings (SSSR count). The van der Waals surface area contributed by atoms with Crippen LogP contribution in [0, 0.1) is 11.6 Å². The van der Waals surface area contributed by atoms with Gasteiger partial charge in [0, 0.05) is 20.5 Å². The van der Waals surface area contributed by atoms with Gasteiger partial charge in [0.2, 0.25) is 0 Å². The lowest BCUT2D eigenvalue weighted by Gasteiger charge is -2.22. The van der Waals surface area contributed by atoms with Crippen molar-refractivity contribution < 1.29 is 52.1 Å². The molecule has 0 bridgehead atoms. The Balaban J connectivity index is 0.000000925. The molecule has 13 nitrogen and oxygen atoms in total. The number of carbonyl (C=O) groups excluding carboxylic acids is 5. The van der Waals surface area contributed by atoms with Gasteiger partial charge in [-0.3, -0.25) is 9.59 Å². The molecule has 0 aromatic heterocycles. The summed E-state index contributed by atoms with van der Waals surface area (Å²) in [5.74, 6) is -3.14.